The van der Waals surface area contributed by atoms with E-state index < -0.39 is 0 Å². The first kappa shape index (κ1) is 17.4. The van der Waals surface area contributed by atoms with Crippen molar-refractivity contribution in [3.8, 4) is 0 Å². The Kier molecular flexibility index (Phi) is 4.86. The Bertz CT molecular complexity index is 754. The number of carbonyl (C=O) groups is 3. The van der Waals surface area contributed by atoms with Gasteiger partial charge in [-0.3, -0.25) is 14.4 Å². The Labute approximate surface area is 156 Å². The van der Waals surface area contributed by atoms with E-state index in [2.05, 4.69) is 10.6 Å². The minimum absolute atomic E-state index is 0.0371. The lowest BCUT2D eigenvalue weighted by atomic mass is 10.0. The van der Waals surface area contributed by atoms with Gasteiger partial charge >= 0.3 is 0 Å². The standard InChI is InChI=1S/C18H22N4O3S/c23-16-11-26-15-4-3-12(8-14(15)20-16)18(25)21-6-1-2-13(10-21)22-7-5-19-9-17(22)24/h3-4,8,13,19H,1-2,5-7,9-11H2,(H,20,23). The highest BCUT2D eigenvalue weighted by Crippen LogP contribution is 2.32. The van der Waals surface area contributed by atoms with Crippen LogP contribution in [0.4, 0.5) is 5.69 Å². The van der Waals surface area contributed by atoms with Crippen molar-refractivity contribution in [2.75, 3.05) is 43.8 Å². The van der Waals surface area contributed by atoms with Crippen LogP contribution in [0.15, 0.2) is 23.1 Å². The van der Waals surface area contributed by atoms with Crippen molar-refractivity contribution in [1.82, 2.24) is 15.1 Å². The summed E-state index contributed by atoms with van der Waals surface area (Å²) in [6.45, 7) is 3.16. The largest absolute Gasteiger partial charge is 0.337 e. The molecule has 4 rings (SSSR count). The molecule has 3 heterocycles. The van der Waals surface area contributed by atoms with Crippen LogP contribution in [0.1, 0.15) is 23.2 Å². The highest BCUT2D eigenvalue weighted by atomic mass is 32.2. The summed E-state index contributed by atoms with van der Waals surface area (Å²) in [5, 5.41) is 5.92. The third-order valence-electron chi connectivity index (χ3n) is 5.11. The van der Waals surface area contributed by atoms with Gasteiger partial charge in [-0.2, -0.15) is 0 Å². The summed E-state index contributed by atoms with van der Waals surface area (Å²) in [6.07, 6.45) is 1.83. The first-order chi connectivity index (χ1) is 12.6. The third-order valence-corrected chi connectivity index (χ3v) is 6.18. The van der Waals surface area contributed by atoms with Gasteiger partial charge in [0.25, 0.3) is 5.91 Å². The van der Waals surface area contributed by atoms with Crippen LogP contribution < -0.4 is 10.6 Å². The maximum atomic E-state index is 13.0. The first-order valence-corrected chi connectivity index (χ1v) is 9.96. The van der Waals surface area contributed by atoms with Crippen LogP contribution in [-0.2, 0) is 9.59 Å². The molecule has 7 nitrogen and oxygen atoms in total. The van der Waals surface area contributed by atoms with Gasteiger partial charge in [0.2, 0.25) is 11.8 Å². The summed E-state index contributed by atoms with van der Waals surface area (Å²) in [4.78, 5) is 41.4. The number of piperidine rings is 1. The Morgan fingerprint density at radius 1 is 1.23 bits per heavy atom. The van der Waals surface area contributed by atoms with Gasteiger partial charge in [0.05, 0.1) is 18.0 Å². The van der Waals surface area contributed by atoms with Gasteiger partial charge in [-0.1, -0.05) is 0 Å². The predicted molar refractivity (Wildman–Crippen MR) is 99.3 cm³/mol. The van der Waals surface area contributed by atoms with Crippen molar-refractivity contribution < 1.29 is 14.4 Å². The number of carbonyl (C=O) groups excluding carboxylic acids is 3. The van der Waals surface area contributed by atoms with Crippen LogP contribution in [0, 0.1) is 0 Å². The summed E-state index contributed by atoms with van der Waals surface area (Å²) in [5.74, 6) is 0.448. The van der Waals surface area contributed by atoms with E-state index in [1.54, 1.807) is 6.07 Å². The minimum Gasteiger partial charge on any atom is -0.337 e. The second kappa shape index (κ2) is 7.28. The molecule has 1 atom stereocenters. The summed E-state index contributed by atoms with van der Waals surface area (Å²) in [7, 11) is 0. The van der Waals surface area contributed by atoms with Crippen LogP contribution in [0.2, 0.25) is 0 Å². The van der Waals surface area contributed by atoms with Gasteiger partial charge in [0, 0.05) is 42.7 Å². The molecule has 3 amide bonds. The molecule has 138 valence electrons. The van der Waals surface area contributed by atoms with Crippen molar-refractivity contribution in [2.24, 2.45) is 0 Å². The minimum atomic E-state index is -0.0395. The van der Waals surface area contributed by atoms with Crippen molar-refractivity contribution in [1.29, 1.82) is 0 Å². The fourth-order valence-electron chi connectivity index (χ4n) is 3.80. The third kappa shape index (κ3) is 3.43. The van der Waals surface area contributed by atoms with Gasteiger partial charge in [-0.05, 0) is 31.0 Å². The molecule has 8 heteroatoms. The molecular formula is C18H22N4O3S. The monoisotopic (exact) mass is 374 g/mol. The fraction of sp³-hybridized carbons (Fsp3) is 0.500. The highest BCUT2D eigenvalue weighted by molar-refractivity contribution is 8.00. The maximum absolute atomic E-state index is 13.0. The lowest BCUT2D eigenvalue weighted by Crippen LogP contribution is -2.57. The number of hydrogen-bond donors (Lipinski definition) is 2. The summed E-state index contributed by atoms with van der Waals surface area (Å²) in [5.41, 5.74) is 1.29. The van der Waals surface area contributed by atoms with Crippen LogP contribution in [0.3, 0.4) is 0 Å². The van der Waals surface area contributed by atoms with Gasteiger partial charge in [0.15, 0.2) is 0 Å². The average molecular weight is 374 g/mol. The molecule has 1 aromatic carbocycles. The van der Waals surface area contributed by atoms with Crippen molar-refractivity contribution in [3.05, 3.63) is 23.8 Å². The highest BCUT2D eigenvalue weighted by Gasteiger charge is 2.32. The van der Waals surface area contributed by atoms with Gasteiger partial charge in [-0.15, -0.1) is 11.8 Å². The number of piperazine rings is 1. The number of rotatable bonds is 2. The van der Waals surface area contributed by atoms with Gasteiger partial charge < -0.3 is 20.4 Å². The van der Waals surface area contributed by atoms with Gasteiger partial charge in [0.1, 0.15) is 0 Å². The van der Waals surface area contributed by atoms with E-state index in [0.717, 1.165) is 24.3 Å². The fourth-order valence-corrected chi connectivity index (χ4v) is 4.59. The first-order valence-electron chi connectivity index (χ1n) is 8.98. The smallest absolute Gasteiger partial charge is 0.254 e. The Hall–Kier alpha value is -2.06. The molecule has 2 fully saturated rings. The summed E-state index contributed by atoms with van der Waals surface area (Å²) in [6, 6.07) is 5.58. The Morgan fingerprint density at radius 3 is 2.96 bits per heavy atom. The molecule has 0 aromatic heterocycles. The number of hydrogen-bond acceptors (Lipinski definition) is 5. The van der Waals surface area contributed by atoms with E-state index in [0.29, 0.717) is 43.2 Å². The number of amides is 3. The lowest BCUT2D eigenvalue weighted by Gasteiger charge is -2.41. The number of anilines is 1. The molecule has 0 aliphatic carbocycles. The second-order valence-corrected chi connectivity index (χ2v) is 7.88. The molecule has 2 N–H and O–H groups in total. The molecule has 1 unspecified atom stereocenters. The maximum Gasteiger partial charge on any atom is 0.254 e. The Balaban J connectivity index is 1.48. The quantitative estimate of drug-likeness (QED) is 0.799. The number of nitrogens with one attached hydrogen (secondary N) is 2. The molecule has 0 radical (unpaired) electrons. The van der Waals surface area contributed by atoms with Crippen LogP contribution in [0.5, 0.6) is 0 Å². The average Bonchev–Trinajstić information content (AvgIpc) is 2.67. The van der Waals surface area contributed by atoms with Crippen molar-refractivity contribution in [2.45, 2.75) is 23.8 Å². The number of benzene rings is 1. The zero-order valence-corrected chi connectivity index (χ0v) is 15.3. The van der Waals surface area contributed by atoms with Crippen LogP contribution in [0.25, 0.3) is 0 Å². The van der Waals surface area contributed by atoms with Crippen molar-refractivity contribution >= 4 is 35.2 Å². The molecule has 2 saturated heterocycles. The van der Waals surface area contributed by atoms with E-state index in [-0.39, 0.29) is 23.8 Å². The summed E-state index contributed by atoms with van der Waals surface area (Å²) < 4.78 is 0. The molecule has 3 aliphatic heterocycles. The number of nitrogens with zero attached hydrogens (tertiary/aromatic N) is 2. The van der Waals surface area contributed by atoms with E-state index in [4.69, 9.17) is 0 Å². The zero-order chi connectivity index (χ0) is 18.1. The molecule has 26 heavy (non-hydrogen) atoms. The predicted octanol–water partition coefficient (Wildman–Crippen LogP) is 0.767. The molecule has 3 aliphatic rings. The van der Waals surface area contributed by atoms with E-state index in [1.807, 2.05) is 21.9 Å². The normalized spacial score (nSPS) is 23.5. The topological polar surface area (TPSA) is 81.8 Å². The van der Waals surface area contributed by atoms with E-state index in [1.165, 1.54) is 11.8 Å². The number of likely N-dealkylation sites (tertiary alicyclic amines) is 1. The van der Waals surface area contributed by atoms with E-state index >= 15 is 0 Å². The zero-order valence-electron chi connectivity index (χ0n) is 14.5. The van der Waals surface area contributed by atoms with E-state index in [9.17, 15) is 14.4 Å². The van der Waals surface area contributed by atoms with Crippen LogP contribution >= 0.6 is 11.8 Å². The number of thioether (sulfide) groups is 1. The second-order valence-electron chi connectivity index (χ2n) is 6.86. The molecule has 1 aromatic rings. The van der Waals surface area contributed by atoms with Crippen molar-refractivity contribution in [3.63, 3.8) is 0 Å². The molecular weight excluding hydrogens is 352 g/mol. The van der Waals surface area contributed by atoms with Crippen LogP contribution in [-0.4, -0.2) is 72.0 Å². The molecule has 0 spiro atoms. The number of fused-ring (bicyclic) bond motifs is 1. The molecule has 0 saturated carbocycles. The summed E-state index contributed by atoms with van der Waals surface area (Å²) >= 11 is 1.49. The SMILES string of the molecule is O=C1CSc2ccc(C(=O)N3CCCC(N4CCNCC4=O)C3)cc2N1. The van der Waals surface area contributed by atoms with Gasteiger partial charge in [-0.25, -0.2) is 0 Å². The lowest BCUT2D eigenvalue weighted by molar-refractivity contribution is -0.135. The Morgan fingerprint density at radius 2 is 2.12 bits per heavy atom. The molecule has 0 bridgehead atoms.